The molecule has 4 heteroatoms. The molecule has 0 aromatic heterocycles. The highest BCUT2D eigenvalue weighted by Gasteiger charge is 1.99. The van der Waals surface area contributed by atoms with Crippen LogP contribution in [0.4, 0.5) is 4.79 Å². The van der Waals surface area contributed by atoms with E-state index in [4.69, 9.17) is 9.47 Å². The van der Waals surface area contributed by atoms with Gasteiger partial charge in [-0.05, 0) is 24.6 Å². The van der Waals surface area contributed by atoms with E-state index >= 15 is 0 Å². The number of ether oxygens (including phenoxy) is 2. The number of rotatable bonds is 4. The second-order valence-electron chi connectivity index (χ2n) is 2.92. The van der Waals surface area contributed by atoms with Crippen LogP contribution in [0.2, 0.25) is 0 Å². The molecule has 82 valence electrons. The summed E-state index contributed by atoms with van der Waals surface area (Å²) >= 11 is 0. The predicted molar refractivity (Wildman–Crippen MR) is 56.9 cm³/mol. The molecule has 0 aliphatic carbocycles. The number of hydrogen-bond donors (Lipinski definition) is 1. The number of methoxy groups -OCH3 is 1. The fourth-order valence-electron chi connectivity index (χ4n) is 1.10. The zero-order chi connectivity index (χ0) is 11.1. The summed E-state index contributed by atoms with van der Waals surface area (Å²) < 4.78 is 9.76. The number of amides is 1. The molecular formula is C11H15NO3. The molecule has 1 amide bonds. The summed E-state index contributed by atoms with van der Waals surface area (Å²) in [6.07, 6.45) is -0.395. The van der Waals surface area contributed by atoms with Gasteiger partial charge < -0.3 is 14.8 Å². The maximum absolute atomic E-state index is 11.0. The van der Waals surface area contributed by atoms with Crippen molar-refractivity contribution in [1.29, 1.82) is 0 Å². The van der Waals surface area contributed by atoms with E-state index in [1.54, 1.807) is 14.0 Å². The van der Waals surface area contributed by atoms with Gasteiger partial charge in [0, 0.05) is 6.54 Å². The molecule has 15 heavy (non-hydrogen) atoms. The minimum absolute atomic E-state index is 0.383. The quantitative estimate of drug-likeness (QED) is 0.824. The highest BCUT2D eigenvalue weighted by Crippen LogP contribution is 2.10. The van der Waals surface area contributed by atoms with Crippen LogP contribution in [0, 0.1) is 0 Å². The smallest absolute Gasteiger partial charge is 0.407 e. The minimum Gasteiger partial charge on any atom is -0.497 e. The summed E-state index contributed by atoms with van der Waals surface area (Å²) in [4.78, 5) is 11.0. The van der Waals surface area contributed by atoms with Crippen molar-refractivity contribution >= 4 is 6.09 Å². The van der Waals surface area contributed by atoms with Crippen LogP contribution in [-0.4, -0.2) is 19.8 Å². The molecular weight excluding hydrogens is 194 g/mol. The van der Waals surface area contributed by atoms with Crippen molar-refractivity contribution in [1.82, 2.24) is 5.32 Å². The average Bonchev–Trinajstić information content (AvgIpc) is 2.27. The Hall–Kier alpha value is -1.71. The first-order chi connectivity index (χ1) is 7.26. The number of carbonyl (C=O) groups is 1. The van der Waals surface area contributed by atoms with Crippen molar-refractivity contribution in [2.75, 3.05) is 13.7 Å². The van der Waals surface area contributed by atoms with Gasteiger partial charge in [0.05, 0.1) is 13.7 Å². The fourth-order valence-corrected chi connectivity index (χ4v) is 1.10. The molecule has 0 spiro atoms. The Labute approximate surface area is 89.2 Å². The maximum Gasteiger partial charge on any atom is 0.407 e. The summed E-state index contributed by atoms with van der Waals surface area (Å²) in [6.45, 7) is 2.62. The molecule has 4 nitrogen and oxygen atoms in total. The molecule has 0 saturated carbocycles. The van der Waals surface area contributed by atoms with Crippen LogP contribution in [0.5, 0.6) is 5.75 Å². The zero-order valence-electron chi connectivity index (χ0n) is 8.95. The third-order valence-electron chi connectivity index (χ3n) is 1.87. The fraction of sp³-hybridized carbons (Fsp3) is 0.364. The first-order valence-corrected chi connectivity index (χ1v) is 4.79. The predicted octanol–water partition coefficient (Wildman–Crippen LogP) is 1.94. The third-order valence-corrected chi connectivity index (χ3v) is 1.87. The van der Waals surface area contributed by atoms with Gasteiger partial charge in [-0.1, -0.05) is 12.1 Å². The topological polar surface area (TPSA) is 47.6 Å². The van der Waals surface area contributed by atoms with Gasteiger partial charge in [0.25, 0.3) is 0 Å². The first kappa shape index (κ1) is 11.4. The summed E-state index contributed by atoms with van der Waals surface area (Å²) in [6, 6.07) is 7.49. The molecule has 1 N–H and O–H groups in total. The third kappa shape index (κ3) is 3.89. The molecule has 0 aliphatic heterocycles. The second kappa shape index (κ2) is 5.90. The molecule has 0 fully saturated rings. The van der Waals surface area contributed by atoms with Crippen LogP contribution in [0.1, 0.15) is 12.5 Å². The minimum atomic E-state index is -0.395. The van der Waals surface area contributed by atoms with E-state index in [1.165, 1.54) is 0 Å². The Kier molecular flexibility index (Phi) is 4.47. The van der Waals surface area contributed by atoms with E-state index in [9.17, 15) is 4.79 Å². The van der Waals surface area contributed by atoms with E-state index in [0.717, 1.165) is 11.3 Å². The second-order valence-corrected chi connectivity index (χ2v) is 2.92. The lowest BCUT2D eigenvalue weighted by atomic mass is 10.2. The van der Waals surface area contributed by atoms with Crippen molar-refractivity contribution in [2.24, 2.45) is 0 Å². The van der Waals surface area contributed by atoms with Gasteiger partial charge in [0.2, 0.25) is 0 Å². The Balaban J connectivity index is 2.40. The first-order valence-electron chi connectivity index (χ1n) is 4.79. The van der Waals surface area contributed by atoms with Gasteiger partial charge in [-0.3, -0.25) is 0 Å². The van der Waals surface area contributed by atoms with E-state index in [2.05, 4.69) is 5.32 Å². The average molecular weight is 209 g/mol. The van der Waals surface area contributed by atoms with Crippen LogP contribution in [0.25, 0.3) is 0 Å². The van der Waals surface area contributed by atoms with Gasteiger partial charge in [0.15, 0.2) is 0 Å². The molecule has 0 bridgehead atoms. The number of hydrogen-bond acceptors (Lipinski definition) is 3. The number of alkyl carbamates (subject to hydrolysis) is 1. The normalized spacial score (nSPS) is 9.47. The van der Waals surface area contributed by atoms with Crippen LogP contribution in [-0.2, 0) is 11.3 Å². The monoisotopic (exact) mass is 209 g/mol. The van der Waals surface area contributed by atoms with Crippen LogP contribution in [0.15, 0.2) is 24.3 Å². The molecule has 0 heterocycles. The Bertz CT molecular complexity index is 308. The molecule has 0 atom stereocenters. The molecule has 1 aromatic carbocycles. The van der Waals surface area contributed by atoms with Crippen molar-refractivity contribution in [3.05, 3.63) is 29.8 Å². The maximum atomic E-state index is 11.0. The lowest BCUT2D eigenvalue weighted by molar-refractivity contribution is 0.151. The van der Waals surface area contributed by atoms with Crippen LogP contribution >= 0.6 is 0 Å². The lowest BCUT2D eigenvalue weighted by Crippen LogP contribution is -2.23. The highest BCUT2D eigenvalue weighted by atomic mass is 16.5. The lowest BCUT2D eigenvalue weighted by Gasteiger charge is -2.05. The Morgan fingerprint density at radius 3 is 2.53 bits per heavy atom. The summed E-state index contributed by atoms with van der Waals surface area (Å²) in [5.41, 5.74) is 1.00. The van der Waals surface area contributed by atoms with E-state index < -0.39 is 6.09 Å². The van der Waals surface area contributed by atoms with Crippen molar-refractivity contribution in [2.45, 2.75) is 13.5 Å². The van der Waals surface area contributed by atoms with E-state index in [1.807, 2.05) is 24.3 Å². The number of nitrogens with one attached hydrogen (secondary N) is 1. The van der Waals surface area contributed by atoms with Gasteiger partial charge in [-0.2, -0.15) is 0 Å². The van der Waals surface area contributed by atoms with Crippen LogP contribution in [0.3, 0.4) is 0 Å². The summed E-state index contributed by atoms with van der Waals surface area (Å²) in [5.74, 6) is 0.801. The molecule has 1 aromatic rings. The van der Waals surface area contributed by atoms with Crippen molar-refractivity contribution in [3.63, 3.8) is 0 Å². The van der Waals surface area contributed by atoms with Crippen molar-refractivity contribution < 1.29 is 14.3 Å². The Morgan fingerprint density at radius 2 is 2.00 bits per heavy atom. The Morgan fingerprint density at radius 1 is 1.33 bits per heavy atom. The molecule has 1 rings (SSSR count). The van der Waals surface area contributed by atoms with Gasteiger partial charge in [-0.15, -0.1) is 0 Å². The van der Waals surface area contributed by atoms with Gasteiger partial charge in [0.1, 0.15) is 5.75 Å². The standard InChI is InChI=1S/C11H15NO3/c1-3-15-11(13)12-8-9-4-6-10(14-2)7-5-9/h4-7H,3,8H2,1-2H3,(H,12,13). The van der Waals surface area contributed by atoms with E-state index in [-0.39, 0.29) is 0 Å². The highest BCUT2D eigenvalue weighted by molar-refractivity contribution is 5.67. The van der Waals surface area contributed by atoms with Crippen molar-refractivity contribution in [3.8, 4) is 5.75 Å². The zero-order valence-corrected chi connectivity index (χ0v) is 8.95. The summed E-state index contributed by atoms with van der Waals surface area (Å²) in [7, 11) is 1.62. The molecule has 0 radical (unpaired) electrons. The van der Waals surface area contributed by atoms with Crippen LogP contribution < -0.4 is 10.1 Å². The SMILES string of the molecule is CCOC(=O)NCc1ccc(OC)cc1. The molecule has 0 unspecified atom stereocenters. The largest absolute Gasteiger partial charge is 0.497 e. The van der Waals surface area contributed by atoms with E-state index in [0.29, 0.717) is 13.2 Å². The van der Waals surface area contributed by atoms with Gasteiger partial charge >= 0.3 is 6.09 Å². The number of benzene rings is 1. The van der Waals surface area contributed by atoms with Gasteiger partial charge in [-0.25, -0.2) is 4.79 Å². The molecule has 0 aliphatic rings. The summed E-state index contributed by atoms with van der Waals surface area (Å²) in [5, 5.41) is 2.64. The molecule has 0 saturated heterocycles. The number of carbonyl (C=O) groups excluding carboxylic acids is 1.